The molecule has 1 aromatic heterocycles. The third-order valence-electron chi connectivity index (χ3n) is 2.81. The standard InChI is InChI=1S/C11H15FN2O/c1-15-9-3-2-6-14-10(9)11(12)4-7-13-8-5-11/h2-3,6,13H,4-5,7-8H2,1H3. The Morgan fingerprint density at radius 3 is 2.87 bits per heavy atom. The number of alkyl halides is 1. The maximum Gasteiger partial charge on any atom is 0.158 e. The van der Waals surface area contributed by atoms with E-state index in [0.717, 1.165) is 0 Å². The molecule has 1 aliphatic heterocycles. The van der Waals surface area contributed by atoms with E-state index in [9.17, 15) is 4.39 Å². The van der Waals surface area contributed by atoms with Gasteiger partial charge in [0.2, 0.25) is 0 Å². The summed E-state index contributed by atoms with van der Waals surface area (Å²) in [7, 11) is 1.55. The van der Waals surface area contributed by atoms with Crippen LogP contribution in [0.4, 0.5) is 4.39 Å². The molecule has 0 spiro atoms. The van der Waals surface area contributed by atoms with Crippen molar-refractivity contribution in [3.8, 4) is 5.75 Å². The van der Waals surface area contributed by atoms with Crippen LogP contribution in [0.3, 0.4) is 0 Å². The summed E-state index contributed by atoms with van der Waals surface area (Å²) in [6, 6.07) is 3.51. The lowest BCUT2D eigenvalue weighted by atomic mass is 9.90. The summed E-state index contributed by atoms with van der Waals surface area (Å²) >= 11 is 0. The van der Waals surface area contributed by atoms with E-state index in [1.807, 2.05) is 0 Å². The molecule has 0 amide bonds. The Morgan fingerprint density at radius 1 is 1.47 bits per heavy atom. The van der Waals surface area contributed by atoms with Crippen molar-refractivity contribution in [2.45, 2.75) is 18.5 Å². The van der Waals surface area contributed by atoms with E-state index < -0.39 is 5.67 Å². The Balaban J connectivity index is 2.34. The first-order chi connectivity index (χ1) is 7.26. The summed E-state index contributed by atoms with van der Waals surface area (Å²) in [5, 5.41) is 3.14. The Hall–Kier alpha value is -1.16. The van der Waals surface area contributed by atoms with Crippen LogP contribution in [0, 0.1) is 0 Å². The van der Waals surface area contributed by atoms with Crippen LogP contribution in [0.25, 0.3) is 0 Å². The van der Waals surface area contributed by atoms with Crippen LogP contribution < -0.4 is 10.1 Å². The second kappa shape index (κ2) is 4.14. The molecule has 1 aliphatic rings. The number of nitrogens with one attached hydrogen (secondary N) is 1. The highest BCUT2D eigenvalue weighted by Gasteiger charge is 2.37. The number of nitrogens with zero attached hydrogens (tertiary/aromatic N) is 1. The maximum atomic E-state index is 14.6. The van der Waals surface area contributed by atoms with Crippen LogP contribution in [0.5, 0.6) is 5.75 Å². The molecular formula is C11H15FN2O. The van der Waals surface area contributed by atoms with Crippen molar-refractivity contribution in [3.63, 3.8) is 0 Å². The highest BCUT2D eigenvalue weighted by Crippen LogP contribution is 2.38. The molecule has 1 saturated heterocycles. The van der Waals surface area contributed by atoms with E-state index in [1.165, 1.54) is 0 Å². The fourth-order valence-electron chi connectivity index (χ4n) is 1.95. The molecule has 0 bridgehead atoms. The quantitative estimate of drug-likeness (QED) is 0.805. The van der Waals surface area contributed by atoms with Gasteiger partial charge in [-0.05, 0) is 38.1 Å². The average Bonchev–Trinajstić information content (AvgIpc) is 2.30. The van der Waals surface area contributed by atoms with Crippen molar-refractivity contribution in [2.24, 2.45) is 0 Å². The molecule has 0 unspecified atom stereocenters. The van der Waals surface area contributed by atoms with Gasteiger partial charge in [-0.15, -0.1) is 0 Å². The SMILES string of the molecule is COc1cccnc1C1(F)CCNCC1. The number of hydrogen-bond donors (Lipinski definition) is 1. The lowest BCUT2D eigenvalue weighted by Crippen LogP contribution is -2.37. The van der Waals surface area contributed by atoms with Crippen LogP contribution >= 0.6 is 0 Å². The fraction of sp³-hybridized carbons (Fsp3) is 0.545. The number of pyridine rings is 1. The largest absolute Gasteiger partial charge is 0.495 e. The molecule has 3 nitrogen and oxygen atoms in total. The first-order valence-corrected chi connectivity index (χ1v) is 5.15. The second-order valence-corrected chi connectivity index (χ2v) is 3.77. The number of piperidine rings is 1. The number of hydrogen-bond acceptors (Lipinski definition) is 3. The van der Waals surface area contributed by atoms with Crippen molar-refractivity contribution in [2.75, 3.05) is 20.2 Å². The van der Waals surface area contributed by atoms with Crippen LogP contribution in [-0.2, 0) is 5.67 Å². The number of halogens is 1. The fourth-order valence-corrected chi connectivity index (χ4v) is 1.95. The minimum Gasteiger partial charge on any atom is -0.495 e. The van der Waals surface area contributed by atoms with E-state index in [2.05, 4.69) is 10.3 Å². The predicted molar refractivity (Wildman–Crippen MR) is 55.7 cm³/mol. The van der Waals surface area contributed by atoms with E-state index in [-0.39, 0.29) is 0 Å². The van der Waals surface area contributed by atoms with Crippen LogP contribution in [-0.4, -0.2) is 25.2 Å². The Labute approximate surface area is 88.7 Å². The van der Waals surface area contributed by atoms with E-state index in [4.69, 9.17) is 4.74 Å². The molecular weight excluding hydrogens is 195 g/mol. The van der Waals surface area contributed by atoms with Crippen molar-refractivity contribution < 1.29 is 9.13 Å². The van der Waals surface area contributed by atoms with Gasteiger partial charge in [-0.25, -0.2) is 4.39 Å². The molecule has 0 aliphatic carbocycles. The lowest BCUT2D eigenvalue weighted by Gasteiger charge is -2.30. The number of methoxy groups -OCH3 is 1. The molecule has 2 rings (SSSR count). The zero-order chi connectivity index (χ0) is 10.7. The number of ether oxygens (including phenoxy) is 1. The maximum absolute atomic E-state index is 14.6. The van der Waals surface area contributed by atoms with E-state index in [1.54, 1.807) is 25.4 Å². The van der Waals surface area contributed by atoms with Crippen molar-refractivity contribution in [3.05, 3.63) is 24.0 Å². The highest BCUT2D eigenvalue weighted by atomic mass is 19.1. The zero-order valence-electron chi connectivity index (χ0n) is 8.79. The third-order valence-corrected chi connectivity index (χ3v) is 2.81. The summed E-state index contributed by atoms with van der Waals surface area (Å²) in [6.07, 6.45) is 2.53. The lowest BCUT2D eigenvalue weighted by molar-refractivity contribution is 0.106. The first-order valence-electron chi connectivity index (χ1n) is 5.15. The van der Waals surface area contributed by atoms with Crippen LogP contribution in [0.15, 0.2) is 18.3 Å². The molecule has 82 valence electrons. The highest BCUT2D eigenvalue weighted by molar-refractivity contribution is 5.32. The van der Waals surface area contributed by atoms with Crippen molar-refractivity contribution in [1.29, 1.82) is 0 Å². The van der Waals surface area contributed by atoms with E-state index in [0.29, 0.717) is 37.4 Å². The topological polar surface area (TPSA) is 34.1 Å². The zero-order valence-corrected chi connectivity index (χ0v) is 8.79. The molecule has 1 N–H and O–H groups in total. The minimum absolute atomic E-state index is 0.439. The molecule has 4 heteroatoms. The van der Waals surface area contributed by atoms with Gasteiger partial charge in [0, 0.05) is 6.20 Å². The molecule has 1 aromatic rings. The predicted octanol–water partition coefficient (Wildman–Crippen LogP) is 1.64. The van der Waals surface area contributed by atoms with Gasteiger partial charge in [0.05, 0.1) is 7.11 Å². The molecule has 15 heavy (non-hydrogen) atoms. The molecule has 0 radical (unpaired) electrons. The Morgan fingerprint density at radius 2 is 2.20 bits per heavy atom. The summed E-state index contributed by atoms with van der Waals surface area (Å²) < 4.78 is 19.7. The van der Waals surface area contributed by atoms with Crippen molar-refractivity contribution in [1.82, 2.24) is 10.3 Å². The van der Waals surface area contributed by atoms with Gasteiger partial charge >= 0.3 is 0 Å². The van der Waals surface area contributed by atoms with Gasteiger partial charge in [0.25, 0.3) is 0 Å². The summed E-state index contributed by atoms with van der Waals surface area (Å²) in [5.41, 5.74) is -0.897. The summed E-state index contributed by atoms with van der Waals surface area (Å²) in [6.45, 7) is 1.38. The normalized spacial score (nSPS) is 19.9. The van der Waals surface area contributed by atoms with E-state index >= 15 is 0 Å². The van der Waals surface area contributed by atoms with Gasteiger partial charge in [0.1, 0.15) is 11.4 Å². The number of aromatic nitrogens is 1. The molecule has 0 atom stereocenters. The second-order valence-electron chi connectivity index (χ2n) is 3.77. The summed E-state index contributed by atoms with van der Waals surface area (Å²) in [4.78, 5) is 4.12. The first kappa shape index (κ1) is 10.4. The van der Waals surface area contributed by atoms with Crippen molar-refractivity contribution >= 4 is 0 Å². The van der Waals surface area contributed by atoms with Gasteiger partial charge in [-0.2, -0.15) is 0 Å². The molecule has 0 aromatic carbocycles. The third kappa shape index (κ3) is 1.95. The average molecular weight is 210 g/mol. The minimum atomic E-state index is -1.34. The Kier molecular flexibility index (Phi) is 2.86. The molecule has 2 heterocycles. The number of rotatable bonds is 2. The van der Waals surface area contributed by atoms with Crippen LogP contribution in [0.1, 0.15) is 18.5 Å². The van der Waals surface area contributed by atoms with Crippen LogP contribution in [0.2, 0.25) is 0 Å². The molecule has 0 saturated carbocycles. The van der Waals surface area contributed by atoms with Gasteiger partial charge < -0.3 is 10.1 Å². The monoisotopic (exact) mass is 210 g/mol. The molecule has 1 fully saturated rings. The van der Waals surface area contributed by atoms with Gasteiger partial charge in [-0.1, -0.05) is 0 Å². The van der Waals surface area contributed by atoms with Gasteiger partial charge in [-0.3, -0.25) is 4.98 Å². The summed E-state index contributed by atoms with van der Waals surface area (Å²) in [5.74, 6) is 0.543. The van der Waals surface area contributed by atoms with Gasteiger partial charge in [0.15, 0.2) is 5.67 Å². The smallest absolute Gasteiger partial charge is 0.158 e. The Bertz CT molecular complexity index is 337.